The first kappa shape index (κ1) is 26.2. The van der Waals surface area contributed by atoms with Gasteiger partial charge in [-0.05, 0) is 58.0 Å². The quantitative estimate of drug-likeness (QED) is 0.267. The molecule has 0 spiro atoms. The molecule has 0 fully saturated rings. The van der Waals surface area contributed by atoms with Crippen molar-refractivity contribution < 1.29 is 19.5 Å². The average Bonchev–Trinajstić information content (AvgIpc) is 3.43. The average molecular weight is 531 g/mol. The van der Waals surface area contributed by atoms with Crippen LogP contribution in [0.4, 0.5) is 5.69 Å². The molecular formula is C27H23ClN6O4. The van der Waals surface area contributed by atoms with E-state index in [0.717, 1.165) is 5.56 Å². The Morgan fingerprint density at radius 2 is 1.76 bits per heavy atom. The number of aliphatic carboxylic acids is 1. The molecule has 1 heterocycles. The smallest absolute Gasteiger partial charge is 0.307 e. The van der Waals surface area contributed by atoms with Crippen LogP contribution in [0, 0.1) is 0 Å². The molecule has 0 aliphatic rings. The number of benzene rings is 3. The number of hydrogen-bond acceptors (Lipinski definition) is 6. The Morgan fingerprint density at radius 3 is 2.45 bits per heavy atom. The Labute approximate surface area is 222 Å². The van der Waals surface area contributed by atoms with Crippen molar-refractivity contribution in [2.24, 2.45) is 0 Å². The van der Waals surface area contributed by atoms with Gasteiger partial charge in [0.05, 0.1) is 12.1 Å². The first-order valence-electron chi connectivity index (χ1n) is 11.5. The van der Waals surface area contributed by atoms with Crippen molar-refractivity contribution in [1.29, 1.82) is 0 Å². The second kappa shape index (κ2) is 12.4. The monoisotopic (exact) mass is 530 g/mol. The Hall–Kier alpha value is -4.83. The fourth-order valence-electron chi connectivity index (χ4n) is 3.69. The second-order valence-electron chi connectivity index (χ2n) is 8.30. The number of carbonyl (C=O) groups is 3. The van der Waals surface area contributed by atoms with Gasteiger partial charge in [0.15, 0.2) is 0 Å². The number of carbonyl (C=O) groups excluding carboxylic acids is 2. The van der Waals surface area contributed by atoms with Crippen molar-refractivity contribution in [3.8, 4) is 5.69 Å². The molecule has 0 radical (unpaired) electrons. The molecule has 2 amide bonds. The van der Waals surface area contributed by atoms with Crippen LogP contribution in [0.15, 0.2) is 85.2 Å². The zero-order valence-electron chi connectivity index (χ0n) is 20.0. The molecule has 3 aromatic carbocycles. The molecule has 38 heavy (non-hydrogen) atoms. The van der Waals surface area contributed by atoms with Crippen LogP contribution in [-0.2, 0) is 27.2 Å². The van der Waals surface area contributed by atoms with Crippen LogP contribution in [-0.4, -0.2) is 49.1 Å². The van der Waals surface area contributed by atoms with Crippen LogP contribution in [0.3, 0.4) is 0 Å². The largest absolute Gasteiger partial charge is 0.481 e. The molecule has 1 unspecified atom stereocenters. The third kappa shape index (κ3) is 7.34. The highest BCUT2D eigenvalue weighted by Gasteiger charge is 2.21. The lowest BCUT2D eigenvalue weighted by Crippen LogP contribution is -2.44. The standard InChI is InChI=1S/C27H23ClN6O4/c28-21-9-12-24(34-17-29-32-33-34)20(16-21)8-13-25(35)31-23(14-18-4-2-1-3-5-18)27(38)30-22-10-6-19(7-11-22)15-26(36)37/h1-13,16-17,23H,14-15H2,(H,30,38)(H,31,35)(H,36,37). The van der Waals surface area contributed by atoms with E-state index in [1.54, 1.807) is 48.5 Å². The predicted octanol–water partition coefficient (Wildman–Crippen LogP) is 3.32. The summed E-state index contributed by atoms with van der Waals surface area (Å²) in [5, 5.41) is 26.1. The molecule has 11 heteroatoms. The van der Waals surface area contributed by atoms with Gasteiger partial charge in [-0.15, -0.1) is 5.10 Å². The van der Waals surface area contributed by atoms with Gasteiger partial charge in [-0.25, -0.2) is 0 Å². The maximum atomic E-state index is 13.2. The molecule has 0 saturated heterocycles. The normalized spacial score (nSPS) is 11.7. The summed E-state index contributed by atoms with van der Waals surface area (Å²) in [7, 11) is 0. The molecule has 4 rings (SSSR count). The minimum atomic E-state index is -0.941. The number of nitrogens with one attached hydrogen (secondary N) is 2. The zero-order valence-corrected chi connectivity index (χ0v) is 20.7. The number of tetrazole rings is 1. The van der Waals surface area contributed by atoms with Gasteiger partial charge in [0.1, 0.15) is 12.4 Å². The summed E-state index contributed by atoms with van der Waals surface area (Å²) in [5.41, 5.74) is 3.18. The Bertz CT molecular complexity index is 1440. The highest BCUT2D eigenvalue weighted by atomic mass is 35.5. The van der Waals surface area contributed by atoms with Gasteiger partial charge in [0.25, 0.3) is 0 Å². The molecule has 1 atom stereocenters. The summed E-state index contributed by atoms with van der Waals surface area (Å²) in [6, 6.07) is 20.0. The summed E-state index contributed by atoms with van der Waals surface area (Å²) in [5.74, 6) is -1.84. The first-order chi connectivity index (χ1) is 18.4. The van der Waals surface area contributed by atoms with Crippen LogP contribution in [0.25, 0.3) is 11.8 Å². The number of hydrogen-bond donors (Lipinski definition) is 3. The van der Waals surface area contributed by atoms with Crippen molar-refractivity contribution in [3.63, 3.8) is 0 Å². The Kier molecular flexibility index (Phi) is 8.57. The van der Waals surface area contributed by atoms with Crippen LogP contribution < -0.4 is 10.6 Å². The summed E-state index contributed by atoms with van der Waals surface area (Å²) >= 11 is 6.14. The van der Waals surface area contributed by atoms with Crippen molar-refractivity contribution in [1.82, 2.24) is 25.5 Å². The third-order valence-corrected chi connectivity index (χ3v) is 5.73. The fourth-order valence-corrected chi connectivity index (χ4v) is 3.87. The highest BCUT2D eigenvalue weighted by molar-refractivity contribution is 6.30. The first-order valence-corrected chi connectivity index (χ1v) is 11.9. The summed E-state index contributed by atoms with van der Waals surface area (Å²) in [6.45, 7) is 0. The molecule has 0 saturated carbocycles. The molecular weight excluding hydrogens is 508 g/mol. The van der Waals surface area contributed by atoms with Gasteiger partial charge >= 0.3 is 5.97 Å². The lowest BCUT2D eigenvalue weighted by molar-refractivity contribution is -0.136. The van der Waals surface area contributed by atoms with E-state index >= 15 is 0 Å². The highest BCUT2D eigenvalue weighted by Crippen LogP contribution is 2.20. The minimum Gasteiger partial charge on any atom is -0.481 e. The number of carboxylic acids is 1. The number of aromatic nitrogens is 4. The van der Waals surface area contributed by atoms with Crippen molar-refractivity contribution in [2.75, 3.05) is 5.32 Å². The fraction of sp³-hybridized carbons (Fsp3) is 0.111. The molecule has 0 aliphatic heterocycles. The van der Waals surface area contributed by atoms with Gasteiger partial charge in [-0.3, -0.25) is 14.4 Å². The van der Waals surface area contributed by atoms with E-state index in [9.17, 15) is 14.4 Å². The van der Waals surface area contributed by atoms with Crippen molar-refractivity contribution in [2.45, 2.75) is 18.9 Å². The number of rotatable bonds is 10. The molecule has 0 aliphatic carbocycles. The minimum absolute atomic E-state index is 0.116. The molecule has 0 bridgehead atoms. The van der Waals surface area contributed by atoms with Gasteiger partial charge in [0.2, 0.25) is 11.8 Å². The molecule has 4 aromatic rings. The van der Waals surface area contributed by atoms with Gasteiger partial charge in [-0.1, -0.05) is 54.1 Å². The van der Waals surface area contributed by atoms with E-state index in [1.807, 2.05) is 30.3 Å². The van der Waals surface area contributed by atoms with Gasteiger partial charge in [-0.2, -0.15) is 4.68 Å². The maximum Gasteiger partial charge on any atom is 0.307 e. The SMILES string of the molecule is O=C(O)Cc1ccc(NC(=O)C(Cc2ccccc2)NC(=O)C=Cc2cc(Cl)ccc2-n2cnnn2)cc1. The Balaban J connectivity index is 1.50. The van der Waals surface area contributed by atoms with E-state index in [0.29, 0.717) is 27.5 Å². The van der Waals surface area contributed by atoms with E-state index in [-0.39, 0.29) is 12.8 Å². The molecule has 10 nitrogen and oxygen atoms in total. The number of nitrogens with zero attached hydrogens (tertiary/aromatic N) is 4. The van der Waals surface area contributed by atoms with Crippen molar-refractivity contribution >= 4 is 41.1 Å². The summed E-state index contributed by atoms with van der Waals surface area (Å²) < 4.78 is 1.45. The summed E-state index contributed by atoms with van der Waals surface area (Å²) in [4.78, 5) is 37.0. The van der Waals surface area contributed by atoms with E-state index in [1.165, 1.54) is 17.1 Å². The van der Waals surface area contributed by atoms with Crippen LogP contribution in [0.1, 0.15) is 16.7 Å². The number of anilines is 1. The van der Waals surface area contributed by atoms with E-state index in [2.05, 4.69) is 26.2 Å². The van der Waals surface area contributed by atoms with Gasteiger partial charge < -0.3 is 15.7 Å². The third-order valence-electron chi connectivity index (χ3n) is 5.49. The molecule has 3 N–H and O–H groups in total. The number of halogens is 1. The molecule has 192 valence electrons. The number of amides is 2. The maximum absolute atomic E-state index is 13.2. The second-order valence-corrected chi connectivity index (χ2v) is 8.73. The number of carboxylic acid groups (broad SMARTS) is 1. The van der Waals surface area contributed by atoms with Crippen LogP contribution in [0.2, 0.25) is 5.02 Å². The topological polar surface area (TPSA) is 139 Å². The van der Waals surface area contributed by atoms with Crippen LogP contribution in [0.5, 0.6) is 0 Å². The lowest BCUT2D eigenvalue weighted by Gasteiger charge is -2.18. The van der Waals surface area contributed by atoms with Gasteiger partial charge in [0, 0.05) is 28.8 Å². The molecule has 1 aromatic heterocycles. The predicted molar refractivity (Wildman–Crippen MR) is 142 cm³/mol. The summed E-state index contributed by atoms with van der Waals surface area (Å²) in [6.07, 6.45) is 4.45. The lowest BCUT2D eigenvalue weighted by atomic mass is 10.0. The Morgan fingerprint density at radius 1 is 1.00 bits per heavy atom. The van der Waals surface area contributed by atoms with Crippen LogP contribution >= 0.6 is 11.6 Å². The van der Waals surface area contributed by atoms with Crippen molar-refractivity contribution in [3.05, 3.63) is 107 Å². The van der Waals surface area contributed by atoms with E-state index < -0.39 is 23.8 Å². The van der Waals surface area contributed by atoms with E-state index in [4.69, 9.17) is 16.7 Å². The zero-order chi connectivity index (χ0) is 26.9.